The van der Waals surface area contributed by atoms with Crippen LogP contribution in [0.4, 0.5) is 0 Å². The lowest BCUT2D eigenvalue weighted by Gasteiger charge is -2.12. The minimum absolute atomic E-state index is 0.359. The van der Waals surface area contributed by atoms with Gasteiger partial charge in [0.2, 0.25) is 0 Å². The molecule has 0 aromatic rings. The van der Waals surface area contributed by atoms with Gasteiger partial charge in [-0.15, -0.1) is 11.6 Å². The molecule has 86 valence electrons. The van der Waals surface area contributed by atoms with E-state index in [2.05, 4.69) is 27.7 Å². The monoisotopic (exact) mass is 218 g/mol. The van der Waals surface area contributed by atoms with Gasteiger partial charge in [-0.3, -0.25) is 0 Å². The summed E-state index contributed by atoms with van der Waals surface area (Å²) in [4.78, 5) is 0. The van der Waals surface area contributed by atoms with Gasteiger partial charge in [-0.1, -0.05) is 52.9 Å². The number of hydrogen-bond donors (Lipinski definition) is 0. The van der Waals surface area contributed by atoms with E-state index in [9.17, 15) is 0 Å². The molecule has 2 atom stereocenters. The minimum atomic E-state index is 0.359. The van der Waals surface area contributed by atoms with Crippen LogP contribution in [-0.2, 0) is 0 Å². The fourth-order valence-corrected chi connectivity index (χ4v) is 1.92. The van der Waals surface area contributed by atoms with Crippen molar-refractivity contribution in [1.82, 2.24) is 0 Å². The first-order valence-corrected chi connectivity index (χ1v) is 6.60. The predicted octanol–water partition coefficient (Wildman–Crippen LogP) is 5.25. The van der Waals surface area contributed by atoms with Gasteiger partial charge in [-0.25, -0.2) is 0 Å². The Kier molecular flexibility index (Phi) is 8.76. The molecule has 0 aliphatic rings. The first kappa shape index (κ1) is 14.3. The van der Waals surface area contributed by atoms with Gasteiger partial charge in [0.05, 0.1) is 0 Å². The highest BCUT2D eigenvalue weighted by Gasteiger charge is 2.04. The lowest BCUT2D eigenvalue weighted by atomic mass is 9.95. The van der Waals surface area contributed by atoms with Gasteiger partial charge in [0, 0.05) is 5.38 Å². The second kappa shape index (κ2) is 8.59. The smallest absolute Gasteiger partial charge is 0.0307 e. The van der Waals surface area contributed by atoms with E-state index in [4.69, 9.17) is 11.6 Å². The molecule has 2 unspecified atom stereocenters. The Hall–Kier alpha value is 0.290. The quantitative estimate of drug-likeness (QED) is 0.489. The second-order valence-electron chi connectivity index (χ2n) is 5.14. The van der Waals surface area contributed by atoms with Crippen LogP contribution in [-0.4, -0.2) is 5.38 Å². The molecular formula is C13H27Cl. The Bertz CT molecular complexity index is 104. The maximum absolute atomic E-state index is 5.91. The topological polar surface area (TPSA) is 0 Å². The minimum Gasteiger partial charge on any atom is -0.123 e. The third-order valence-electron chi connectivity index (χ3n) is 2.78. The summed E-state index contributed by atoms with van der Waals surface area (Å²) in [5, 5.41) is 0.359. The molecule has 0 aliphatic heterocycles. The molecule has 0 aromatic heterocycles. The average molecular weight is 219 g/mol. The lowest BCUT2D eigenvalue weighted by Crippen LogP contribution is -1.98. The third kappa shape index (κ3) is 10.4. The molecule has 14 heavy (non-hydrogen) atoms. The summed E-state index contributed by atoms with van der Waals surface area (Å²) in [6.45, 7) is 9.07. The van der Waals surface area contributed by atoms with E-state index in [1.807, 2.05) is 0 Å². The normalized spacial score (nSPS) is 15.9. The Morgan fingerprint density at radius 1 is 0.786 bits per heavy atom. The van der Waals surface area contributed by atoms with Crippen LogP contribution in [0.3, 0.4) is 0 Å². The second-order valence-corrected chi connectivity index (χ2v) is 5.89. The summed E-state index contributed by atoms with van der Waals surface area (Å²) in [6, 6.07) is 0. The summed E-state index contributed by atoms with van der Waals surface area (Å²) in [7, 11) is 0. The Balaban J connectivity index is 3.23. The average Bonchev–Trinajstić information content (AvgIpc) is 2.02. The van der Waals surface area contributed by atoms with Crippen molar-refractivity contribution in [2.24, 2.45) is 11.8 Å². The molecule has 0 spiro atoms. The van der Waals surface area contributed by atoms with Gasteiger partial charge in [-0.2, -0.15) is 0 Å². The van der Waals surface area contributed by atoms with E-state index in [0.717, 1.165) is 11.8 Å². The van der Waals surface area contributed by atoms with Crippen LogP contribution in [0.15, 0.2) is 0 Å². The zero-order valence-electron chi connectivity index (χ0n) is 10.4. The maximum Gasteiger partial charge on any atom is 0.0307 e. The fourth-order valence-electron chi connectivity index (χ4n) is 1.77. The Morgan fingerprint density at radius 3 is 1.71 bits per heavy atom. The van der Waals surface area contributed by atoms with Crippen molar-refractivity contribution in [3.63, 3.8) is 0 Å². The molecule has 0 fully saturated rings. The van der Waals surface area contributed by atoms with Crippen LogP contribution < -0.4 is 0 Å². The Morgan fingerprint density at radius 2 is 1.29 bits per heavy atom. The standard InChI is InChI=1S/C13H27Cl/c1-11(2)7-5-8-12(3)9-6-10-13(4)14/h11-13H,5-10H2,1-4H3. The van der Waals surface area contributed by atoms with Crippen LogP contribution in [0.25, 0.3) is 0 Å². The van der Waals surface area contributed by atoms with Gasteiger partial charge in [0.1, 0.15) is 0 Å². The van der Waals surface area contributed by atoms with Gasteiger partial charge in [0.15, 0.2) is 0 Å². The van der Waals surface area contributed by atoms with Crippen LogP contribution in [0.1, 0.15) is 66.2 Å². The molecule has 1 heteroatoms. The van der Waals surface area contributed by atoms with Gasteiger partial charge in [0.25, 0.3) is 0 Å². The van der Waals surface area contributed by atoms with Crippen molar-refractivity contribution in [3.05, 3.63) is 0 Å². The van der Waals surface area contributed by atoms with Crippen molar-refractivity contribution in [2.45, 2.75) is 71.6 Å². The van der Waals surface area contributed by atoms with Gasteiger partial charge >= 0.3 is 0 Å². The van der Waals surface area contributed by atoms with E-state index in [0.29, 0.717) is 5.38 Å². The number of halogens is 1. The van der Waals surface area contributed by atoms with Crippen LogP contribution in [0.5, 0.6) is 0 Å². The van der Waals surface area contributed by atoms with Crippen molar-refractivity contribution in [2.75, 3.05) is 0 Å². The molecular weight excluding hydrogens is 192 g/mol. The van der Waals surface area contributed by atoms with E-state index < -0.39 is 0 Å². The summed E-state index contributed by atoms with van der Waals surface area (Å²) in [6.07, 6.45) is 8.01. The molecule has 0 heterocycles. The van der Waals surface area contributed by atoms with Gasteiger partial charge in [-0.05, 0) is 25.2 Å². The summed E-state index contributed by atoms with van der Waals surface area (Å²) < 4.78 is 0. The van der Waals surface area contributed by atoms with Crippen LogP contribution in [0.2, 0.25) is 0 Å². The molecule has 0 aliphatic carbocycles. The molecule has 0 amide bonds. The van der Waals surface area contributed by atoms with Crippen molar-refractivity contribution < 1.29 is 0 Å². The van der Waals surface area contributed by atoms with Crippen LogP contribution >= 0.6 is 11.6 Å². The predicted molar refractivity (Wildman–Crippen MR) is 67.0 cm³/mol. The Labute approximate surface area is 95.4 Å². The number of hydrogen-bond acceptors (Lipinski definition) is 0. The highest BCUT2D eigenvalue weighted by molar-refractivity contribution is 6.20. The zero-order valence-corrected chi connectivity index (χ0v) is 11.1. The van der Waals surface area contributed by atoms with E-state index in [1.165, 1.54) is 38.5 Å². The molecule has 0 saturated heterocycles. The number of rotatable bonds is 8. The van der Waals surface area contributed by atoms with Crippen molar-refractivity contribution in [1.29, 1.82) is 0 Å². The maximum atomic E-state index is 5.91. The highest BCUT2D eigenvalue weighted by atomic mass is 35.5. The SMILES string of the molecule is CC(C)CCCC(C)CCCC(C)Cl. The van der Waals surface area contributed by atoms with E-state index in [-0.39, 0.29) is 0 Å². The van der Waals surface area contributed by atoms with Crippen molar-refractivity contribution in [3.8, 4) is 0 Å². The summed E-state index contributed by atoms with van der Waals surface area (Å²) in [5.41, 5.74) is 0. The largest absolute Gasteiger partial charge is 0.123 e. The van der Waals surface area contributed by atoms with Crippen LogP contribution in [0, 0.1) is 11.8 Å². The first-order chi connectivity index (χ1) is 6.52. The third-order valence-corrected chi connectivity index (χ3v) is 3.00. The molecule has 0 aromatic carbocycles. The molecule has 0 rings (SSSR count). The van der Waals surface area contributed by atoms with Crippen molar-refractivity contribution >= 4 is 11.6 Å². The molecule has 0 radical (unpaired) electrons. The zero-order chi connectivity index (χ0) is 11.0. The van der Waals surface area contributed by atoms with Gasteiger partial charge < -0.3 is 0 Å². The highest BCUT2D eigenvalue weighted by Crippen LogP contribution is 2.18. The van der Waals surface area contributed by atoms with E-state index in [1.54, 1.807) is 0 Å². The summed E-state index contributed by atoms with van der Waals surface area (Å²) >= 11 is 5.91. The lowest BCUT2D eigenvalue weighted by molar-refractivity contribution is 0.422. The number of alkyl halides is 1. The molecule has 0 bridgehead atoms. The molecule has 0 nitrogen and oxygen atoms in total. The fraction of sp³-hybridized carbons (Fsp3) is 1.00. The molecule has 0 N–H and O–H groups in total. The first-order valence-electron chi connectivity index (χ1n) is 6.16. The summed E-state index contributed by atoms with van der Waals surface area (Å²) in [5.74, 6) is 1.76. The molecule has 0 saturated carbocycles. The van der Waals surface area contributed by atoms with E-state index >= 15 is 0 Å².